The van der Waals surface area contributed by atoms with Crippen molar-refractivity contribution in [2.45, 2.75) is 13.8 Å². The summed E-state index contributed by atoms with van der Waals surface area (Å²) in [6.45, 7) is 7.05. The lowest BCUT2D eigenvalue weighted by atomic mass is 10.2. The van der Waals surface area contributed by atoms with Crippen LogP contribution in [-0.4, -0.2) is 50.7 Å². The molecule has 1 aromatic carbocycles. The Morgan fingerprint density at radius 1 is 1.11 bits per heavy atom. The predicted molar refractivity (Wildman–Crippen MR) is 138 cm³/mol. The fourth-order valence-electron chi connectivity index (χ4n) is 4.27. The Balaban J connectivity index is 1.29. The number of fused-ring (bicyclic) bond motifs is 3. The molecule has 0 amide bonds. The molecule has 10 nitrogen and oxygen atoms in total. The smallest absolute Gasteiger partial charge is 0.172 e. The maximum atomic E-state index is 6.13. The van der Waals surface area contributed by atoms with Crippen molar-refractivity contribution in [3.05, 3.63) is 66.9 Å². The van der Waals surface area contributed by atoms with E-state index in [1.54, 1.807) is 6.20 Å². The highest BCUT2D eigenvalue weighted by atomic mass is 16.5. The zero-order valence-corrected chi connectivity index (χ0v) is 20.1. The molecule has 1 aliphatic heterocycles. The lowest BCUT2D eigenvalue weighted by molar-refractivity contribution is 0.279. The molecule has 0 saturated heterocycles. The van der Waals surface area contributed by atoms with E-state index in [2.05, 4.69) is 37.4 Å². The minimum Gasteiger partial charge on any atom is -0.474 e. The van der Waals surface area contributed by atoms with Gasteiger partial charge in [0, 0.05) is 56.0 Å². The third-order valence-electron chi connectivity index (χ3n) is 6.16. The lowest BCUT2D eigenvalue weighted by Gasteiger charge is -2.27. The van der Waals surface area contributed by atoms with Crippen molar-refractivity contribution in [3.8, 4) is 17.2 Å². The largest absolute Gasteiger partial charge is 0.474 e. The fraction of sp³-hybridized carbons (Fsp3) is 0.231. The van der Waals surface area contributed by atoms with Crippen LogP contribution in [0.25, 0.3) is 16.7 Å². The molecule has 4 aromatic heterocycles. The predicted octanol–water partition coefficient (Wildman–Crippen LogP) is 4.28. The SMILES string of the molecule is CCN1CCNCOc2cc3ncnc(Nc4ccc(Oc5ccn6ccnc6c5)c(C)c4)c3nc21. The molecule has 0 atom stereocenters. The van der Waals surface area contributed by atoms with Crippen molar-refractivity contribution in [2.24, 2.45) is 0 Å². The highest BCUT2D eigenvalue weighted by Gasteiger charge is 2.19. The number of ether oxygens (including phenoxy) is 2. The van der Waals surface area contributed by atoms with E-state index in [4.69, 9.17) is 14.5 Å². The van der Waals surface area contributed by atoms with Crippen LogP contribution in [0, 0.1) is 6.92 Å². The fourth-order valence-corrected chi connectivity index (χ4v) is 4.27. The molecule has 0 aliphatic carbocycles. The molecule has 36 heavy (non-hydrogen) atoms. The van der Waals surface area contributed by atoms with E-state index in [0.29, 0.717) is 29.3 Å². The Bertz CT molecular complexity index is 1550. The number of likely N-dealkylation sites (N-methyl/N-ethyl adjacent to an activating group) is 1. The summed E-state index contributed by atoms with van der Waals surface area (Å²) in [6, 6.07) is 11.7. The van der Waals surface area contributed by atoms with Crippen LogP contribution < -0.4 is 25.0 Å². The van der Waals surface area contributed by atoms with Crippen molar-refractivity contribution in [1.82, 2.24) is 29.7 Å². The second kappa shape index (κ2) is 9.31. The van der Waals surface area contributed by atoms with Gasteiger partial charge in [0.25, 0.3) is 0 Å². The number of hydrogen-bond acceptors (Lipinski definition) is 9. The van der Waals surface area contributed by atoms with Crippen LogP contribution >= 0.6 is 0 Å². The van der Waals surface area contributed by atoms with Crippen LogP contribution in [-0.2, 0) is 0 Å². The summed E-state index contributed by atoms with van der Waals surface area (Å²) in [7, 11) is 0. The molecular formula is C26H26N8O2. The highest BCUT2D eigenvalue weighted by molar-refractivity contribution is 5.90. The van der Waals surface area contributed by atoms with Crippen LogP contribution in [0.2, 0.25) is 0 Å². The molecule has 2 N–H and O–H groups in total. The molecule has 5 aromatic rings. The Labute approximate surface area is 207 Å². The molecule has 6 rings (SSSR count). The molecular weight excluding hydrogens is 456 g/mol. The maximum Gasteiger partial charge on any atom is 0.172 e. The van der Waals surface area contributed by atoms with Gasteiger partial charge in [-0.1, -0.05) is 0 Å². The molecule has 5 heterocycles. The van der Waals surface area contributed by atoms with E-state index in [9.17, 15) is 0 Å². The second-order valence-electron chi connectivity index (χ2n) is 8.53. The average Bonchev–Trinajstić information content (AvgIpc) is 3.34. The van der Waals surface area contributed by atoms with Gasteiger partial charge in [0.2, 0.25) is 0 Å². The summed E-state index contributed by atoms with van der Waals surface area (Å²) in [5, 5.41) is 6.68. The zero-order chi connectivity index (χ0) is 24.5. The summed E-state index contributed by atoms with van der Waals surface area (Å²) in [5.74, 6) is 3.66. The minimum atomic E-state index is 0.442. The van der Waals surface area contributed by atoms with Gasteiger partial charge in [0.1, 0.15) is 35.7 Å². The molecule has 1 aliphatic rings. The van der Waals surface area contributed by atoms with Gasteiger partial charge in [-0.05, 0) is 43.7 Å². The first-order valence-corrected chi connectivity index (χ1v) is 11.9. The van der Waals surface area contributed by atoms with Crippen LogP contribution in [0.15, 0.2) is 61.3 Å². The van der Waals surface area contributed by atoms with Crippen molar-refractivity contribution < 1.29 is 9.47 Å². The Morgan fingerprint density at radius 3 is 2.94 bits per heavy atom. The average molecular weight is 483 g/mol. The van der Waals surface area contributed by atoms with E-state index in [0.717, 1.165) is 53.8 Å². The number of benzene rings is 1. The number of pyridine rings is 2. The highest BCUT2D eigenvalue weighted by Crippen LogP contribution is 2.34. The van der Waals surface area contributed by atoms with Crippen LogP contribution in [0.1, 0.15) is 12.5 Å². The third kappa shape index (κ3) is 4.22. The minimum absolute atomic E-state index is 0.442. The van der Waals surface area contributed by atoms with Gasteiger partial charge in [0.15, 0.2) is 17.4 Å². The molecule has 10 heteroatoms. The van der Waals surface area contributed by atoms with Gasteiger partial charge in [-0.3, -0.25) is 5.32 Å². The maximum absolute atomic E-state index is 6.13. The van der Waals surface area contributed by atoms with E-state index < -0.39 is 0 Å². The van der Waals surface area contributed by atoms with E-state index in [1.165, 1.54) is 6.33 Å². The quantitative estimate of drug-likeness (QED) is 0.380. The topological polar surface area (TPSA) is 102 Å². The lowest BCUT2D eigenvalue weighted by Crippen LogP contribution is -2.37. The Kier molecular flexibility index (Phi) is 5.70. The summed E-state index contributed by atoms with van der Waals surface area (Å²) < 4.78 is 14.0. The summed E-state index contributed by atoms with van der Waals surface area (Å²) in [6.07, 6.45) is 7.13. The Morgan fingerprint density at radius 2 is 2.06 bits per heavy atom. The monoisotopic (exact) mass is 482 g/mol. The third-order valence-corrected chi connectivity index (χ3v) is 6.16. The van der Waals surface area contributed by atoms with Gasteiger partial charge >= 0.3 is 0 Å². The summed E-state index contributed by atoms with van der Waals surface area (Å²) >= 11 is 0. The van der Waals surface area contributed by atoms with Gasteiger partial charge in [-0.2, -0.15) is 0 Å². The van der Waals surface area contributed by atoms with Gasteiger partial charge in [-0.15, -0.1) is 0 Å². The van der Waals surface area contributed by atoms with Crippen molar-refractivity contribution >= 4 is 34.0 Å². The van der Waals surface area contributed by atoms with E-state index in [-0.39, 0.29) is 0 Å². The van der Waals surface area contributed by atoms with Crippen molar-refractivity contribution in [3.63, 3.8) is 0 Å². The number of hydrogen-bond donors (Lipinski definition) is 2. The molecule has 0 bridgehead atoms. The molecule has 0 radical (unpaired) electrons. The number of aromatic nitrogens is 5. The number of nitrogens with one attached hydrogen (secondary N) is 2. The molecule has 0 saturated carbocycles. The molecule has 182 valence electrons. The number of rotatable bonds is 5. The van der Waals surface area contributed by atoms with E-state index >= 15 is 0 Å². The van der Waals surface area contributed by atoms with Crippen LogP contribution in [0.4, 0.5) is 17.3 Å². The molecule has 0 unspecified atom stereocenters. The summed E-state index contributed by atoms with van der Waals surface area (Å²) in [4.78, 5) is 20.4. The van der Waals surface area contributed by atoms with Crippen LogP contribution in [0.3, 0.4) is 0 Å². The Hall–Kier alpha value is -4.44. The number of nitrogens with zero attached hydrogens (tertiary/aromatic N) is 6. The second-order valence-corrected chi connectivity index (χ2v) is 8.53. The first-order chi connectivity index (χ1) is 17.7. The number of aryl methyl sites for hydroxylation is 1. The first kappa shape index (κ1) is 22.1. The number of imidazole rings is 1. The molecule has 0 fully saturated rings. The normalized spacial score (nSPS) is 13.7. The van der Waals surface area contributed by atoms with Crippen molar-refractivity contribution in [2.75, 3.05) is 36.6 Å². The molecule has 0 spiro atoms. The van der Waals surface area contributed by atoms with Gasteiger partial charge in [0.05, 0.1) is 5.52 Å². The van der Waals surface area contributed by atoms with Crippen LogP contribution in [0.5, 0.6) is 17.2 Å². The van der Waals surface area contributed by atoms with Gasteiger partial charge in [-0.25, -0.2) is 19.9 Å². The van der Waals surface area contributed by atoms with Gasteiger partial charge < -0.3 is 24.1 Å². The zero-order valence-electron chi connectivity index (χ0n) is 20.1. The standard InChI is InChI=1S/C26H26N8O2/c1-3-33-10-7-27-16-35-22-14-20-24(32-26(22)33)25(30-15-29-20)31-18-4-5-21(17(2)12-18)36-19-6-9-34-11-8-28-23(34)13-19/h4-6,8-9,11-15,27H,3,7,10,16H2,1-2H3,(H,29,30,31). The first-order valence-electron chi connectivity index (χ1n) is 11.9. The van der Waals surface area contributed by atoms with Crippen molar-refractivity contribution in [1.29, 1.82) is 0 Å². The van der Waals surface area contributed by atoms with E-state index in [1.807, 2.05) is 60.1 Å². The number of anilines is 3. The summed E-state index contributed by atoms with van der Waals surface area (Å²) in [5.41, 5.74) is 4.11.